The molecule has 30 heavy (non-hydrogen) atoms. The number of carbonyl (C=O) groups is 2. The summed E-state index contributed by atoms with van der Waals surface area (Å²) in [4.78, 5) is 23.7. The Bertz CT molecular complexity index is 916. The van der Waals surface area contributed by atoms with Crippen molar-refractivity contribution in [1.82, 2.24) is 0 Å². The van der Waals surface area contributed by atoms with E-state index >= 15 is 0 Å². The normalized spacial score (nSPS) is 26.2. The molecule has 2 aromatic carbocycles. The van der Waals surface area contributed by atoms with Gasteiger partial charge in [0, 0.05) is 11.8 Å². The lowest BCUT2D eigenvalue weighted by Gasteiger charge is -2.25. The maximum atomic E-state index is 12.7. The number of ketones is 1. The number of rotatable bonds is 8. The molecule has 4 rings (SSSR count). The van der Waals surface area contributed by atoms with Crippen LogP contribution in [0, 0.1) is 11.8 Å². The number of carboxylic acid groups (broad SMARTS) is 1. The number of benzene rings is 2. The third-order valence-electron chi connectivity index (χ3n) is 6.66. The van der Waals surface area contributed by atoms with E-state index in [1.807, 2.05) is 49.4 Å². The third kappa shape index (κ3) is 4.39. The smallest absolute Gasteiger partial charge is 0.335 e. The van der Waals surface area contributed by atoms with E-state index in [1.165, 1.54) is 0 Å². The van der Waals surface area contributed by atoms with E-state index < -0.39 is 5.97 Å². The van der Waals surface area contributed by atoms with Crippen molar-refractivity contribution in [3.8, 4) is 0 Å². The van der Waals surface area contributed by atoms with E-state index in [0.717, 1.165) is 36.8 Å². The molecule has 2 fully saturated rings. The predicted molar refractivity (Wildman–Crippen MR) is 116 cm³/mol. The zero-order chi connectivity index (χ0) is 21.1. The third-order valence-corrected chi connectivity index (χ3v) is 6.66. The largest absolute Gasteiger partial charge is 0.478 e. The van der Waals surface area contributed by atoms with Gasteiger partial charge in [-0.05, 0) is 60.9 Å². The lowest BCUT2D eigenvalue weighted by atomic mass is 9.76. The number of ether oxygens (including phenoxy) is 1. The highest BCUT2D eigenvalue weighted by Gasteiger charge is 2.47. The number of hydrogen-bond acceptors (Lipinski definition) is 3. The van der Waals surface area contributed by atoms with E-state index in [-0.39, 0.29) is 29.8 Å². The van der Waals surface area contributed by atoms with E-state index in [1.54, 1.807) is 18.2 Å². The van der Waals surface area contributed by atoms with Crippen molar-refractivity contribution in [3.63, 3.8) is 0 Å². The van der Waals surface area contributed by atoms with Crippen molar-refractivity contribution >= 4 is 11.8 Å². The number of aryl methyl sites for hydroxylation is 1. The molecule has 1 unspecified atom stereocenters. The minimum Gasteiger partial charge on any atom is -0.478 e. The standard InChI is InChI=1S/C26H28O4/c1-17(19-5-3-2-4-6-19)23(27)14-13-22-21(24-15-16-25(22)30-24)12-9-18-7-10-20(11-8-18)26(28)29/h2-8,10-11,13-14,17,21-22,24-25H,9,12,15-16H2,1H3,(H,28,29)/t17?,21-,22+,24-,25+/m1/s1. The van der Waals surface area contributed by atoms with Gasteiger partial charge in [-0.15, -0.1) is 0 Å². The molecule has 2 aliphatic rings. The molecule has 0 saturated carbocycles. The quantitative estimate of drug-likeness (QED) is 0.626. The van der Waals surface area contributed by atoms with Crippen LogP contribution in [0.3, 0.4) is 0 Å². The van der Waals surface area contributed by atoms with Crippen LogP contribution in [0.15, 0.2) is 66.7 Å². The number of aromatic carboxylic acids is 1. The van der Waals surface area contributed by atoms with Gasteiger partial charge in [0.1, 0.15) is 0 Å². The second-order valence-corrected chi connectivity index (χ2v) is 8.47. The SMILES string of the molecule is CC(C(=O)C=C[C@H]1[C@@H](CCc2ccc(C(=O)O)cc2)[C@H]2CC[C@@H]1O2)c1ccccc1. The van der Waals surface area contributed by atoms with Crippen molar-refractivity contribution < 1.29 is 19.4 Å². The van der Waals surface area contributed by atoms with Crippen molar-refractivity contribution in [2.75, 3.05) is 0 Å². The molecular weight excluding hydrogens is 376 g/mol. The van der Waals surface area contributed by atoms with E-state index in [4.69, 9.17) is 9.84 Å². The summed E-state index contributed by atoms with van der Waals surface area (Å²) in [6.45, 7) is 1.96. The number of carboxylic acids is 1. The first-order chi connectivity index (χ1) is 14.5. The molecule has 0 spiro atoms. The van der Waals surface area contributed by atoms with Crippen LogP contribution >= 0.6 is 0 Å². The summed E-state index contributed by atoms with van der Waals surface area (Å²) < 4.78 is 6.17. The molecule has 2 bridgehead atoms. The molecule has 4 nitrogen and oxygen atoms in total. The predicted octanol–water partition coefficient (Wildman–Crippen LogP) is 5.04. The maximum absolute atomic E-state index is 12.7. The minimum absolute atomic E-state index is 0.131. The first kappa shape index (κ1) is 20.5. The molecule has 0 amide bonds. The average Bonchev–Trinajstić information content (AvgIpc) is 3.38. The molecule has 1 N–H and O–H groups in total. The summed E-state index contributed by atoms with van der Waals surface area (Å²) in [5.74, 6) is -0.240. The molecule has 156 valence electrons. The highest BCUT2D eigenvalue weighted by atomic mass is 16.5. The van der Waals surface area contributed by atoms with Gasteiger partial charge in [-0.1, -0.05) is 55.5 Å². The zero-order valence-corrected chi connectivity index (χ0v) is 17.2. The second-order valence-electron chi connectivity index (χ2n) is 8.47. The Hall–Kier alpha value is -2.72. The Labute approximate surface area is 177 Å². The fourth-order valence-electron chi connectivity index (χ4n) is 4.86. The van der Waals surface area contributed by atoms with Gasteiger partial charge >= 0.3 is 5.97 Å². The molecular formula is C26H28O4. The molecule has 0 aromatic heterocycles. The van der Waals surface area contributed by atoms with E-state index in [0.29, 0.717) is 11.5 Å². The number of allylic oxidation sites excluding steroid dienone is 1. The first-order valence-corrected chi connectivity index (χ1v) is 10.8. The Morgan fingerprint density at radius 2 is 1.77 bits per heavy atom. The number of fused-ring (bicyclic) bond motifs is 2. The highest BCUT2D eigenvalue weighted by Crippen LogP contribution is 2.46. The van der Waals surface area contributed by atoms with E-state index in [2.05, 4.69) is 6.08 Å². The van der Waals surface area contributed by atoms with Crippen LogP contribution in [0.5, 0.6) is 0 Å². The van der Waals surface area contributed by atoms with Crippen LogP contribution in [0.2, 0.25) is 0 Å². The Morgan fingerprint density at radius 3 is 2.47 bits per heavy atom. The fourth-order valence-corrected chi connectivity index (χ4v) is 4.86. The average molecular weight is 405 g/mol. The van der Waals surface area contributed by atoms with Gasteiger partial charge < -0.3 is 9.84 Å². The summed E-state index contributed by atoms with van der Waals surface area (Å²) in [7, 11) is 0. The van der Waals surface area contributed by atoms with Gasteiger partial charge in [-0.3, -0.25) is 4.79 Å². The number of hydrogen-bond donors (Lipinski definition) is 1. The van der Waals surface area contributed by atoms with Crippen LogP contribution in [0.25, 0.3) is 0 Å². The van der Waals surface area contributed by atoms with Crippen molar-refractivity contribution in [1.29, 1.82) is 0 Å². The van der Waals surface area contributed by atoms with Crippen molar-refractivity contribution in [2.24, 2.45) is 11.8 Å². The van der Waals surface area contributed by atoms with Crippen LogP contribution in [0.1, 0.15) is 53.6 Å². The summed E-state index contributed by atoms with van der Waals surface area (Å²) in [6, 6.07) is 17.0. The van der Waals surface area contributed by atoms with E-state index in [9.17, 15) is 9.59 Å². The summed E-state index contributed by atoms with van der Waals surface area (Å²) in [5, 5.41) is 9.05. The van der Waals surface area contributed by atoms with Gasteiger partial charge in [0.2, 0.25) is 0 Å². The molecule has 0 aliphatic carbocycles. The van der Waals surface area contributed by atoms with Crippen LogP contribution in [-0.4, -0.2) is 29.1 Å². The number of carbonyl (C=O) groups excluding carboxylic acids is 1. The zero-order valence-electron chi connectivity index (χ0n) is 17.2. The first-order valence-electron chi connectivity index (χ1n) is 10.8. The van der Waals surface area contributed by atoms with Gasteiger partial charge in [0.15, 0.2) is 5.78 Å². The minimum atomic E-state index is -0.900. The van der Waals surface area contributed by atoms with Crippen LogP contribution < -0.4 is 0 Å². The molecule has 2 heterocycles. The lowest BCUT2D eigenvalue weighted by molar-refractivity contribution is -0.115. The van der Waals surface area contributed by atoms with Gasteiger partial charge in [-0.2, -0.15) is 0 Å². The maximum Gasteiger partial charge on any atom is 0.335 e. The van der Waals surface area contributed by atoms with Crippen molar-refractivity contribution in [3.05, 3.63) is 83.4 Å². The van der Waals surface area contributed by atoms with Crippen LogP contribution in [0.4, 0.5) is 0 Å². The van der Waals surface area contributed by atoms with Crippen LogP contribution in [-0.2, 0) is 16.0 Å². The summed E-state index contributed by atoms with van der Waals surface area (Å²) in [6.07, 6.45) is 8.35. The molecule has 5 atom stereocenters. The Morgan fingerprint density at radius 1 is 1.07 bits per heavy atom. The topological polar surface area (TPSA) is 63.6 Å². The lowest BCUT2D eigenvalue weighted by Crippen LogP contribution is -2.26. The second kappa shape index (κ2) is 8.97. The molecule has 0 radical (unpaired) electrons. The molecule has 4 heteroatoms. The molecule has 2 aliphatic heterocycles. The monoisotopic (exact) mass is 404 g/mol. The highest BCUT2D eigenvalue weighted by molar-refractivity contribution is 5.95. The summed E-state index contributed by atoms with van der Waals surface area (Å²) >= 11 is 0. The summed E-state index contributed by atoms with van der Waals surface area (Å²) in [5.41, 5.74) is 2.49. The van der Waals surface area contributed by atoms with Gasteiger partial charge in [-0.25, -0.2) is 4.79 Å². The van der Waals surface area contributed by atoms with Crippen molar-refractivity contribution in [2.45, 2.75) is 50.7 Å². The van der Waals surface area contributed by atoms with Gasteiger partial charge in [0.25, 0.3) is 0 Å². The fraction of sp³-hybridized carbons (Fsp3) is 0.385. The molecule has 2 saturated heterocycles. The Kier molecular flexibility index (Phi) is 6.14. The van der Waals surface area contributed by atoms with Gasteiger partial charge in [0.05, 0.1) is 17.8 Å². The molecule has 2 aromatic rings. The Balaban J connectivity index is 1.40.